The van der Waals surface area contributed by atoms with Crippen LogP contribution in [0.3, 0.4) is 0 Å². The zero-order chi connectivity index (χ0) is 12.3. The maximum absolute atomic E-state index is 11.8. The monoisotopic (exact) mass is 231 g/mol. The van der Waals surface area contributed by atoms with E-state index in [-0.39, 0.29) is 17.6 Å². The number of amides is 1. The van der Waals surface area contributed by atoms with Crippen LogP contribution < -0.4 is 5.32 Å². The van der Waals surface area contributed by atoms with Gasteiger partial charge in [0, 0.05) is 12.3 Å². The molecule has 5 heteroatoms. The molecule has 1 atom stereocenters. The van der Waals surface area contributed by atoms with Gasteiger partial charge in [0.2, 0.25) is 0 Å². The fraction of sp³-hybridized carbons (Fsp3) is 0.250. The largest absolute Gasteiger partial charge is 0.361 e. The second kappa shape index (κ2) is 4.78. The summed E-state index contributed by atoms with van der Waals surface area (Å²) < 4.78 is 4.85. The molecule has 1 unspecified atom stereocenters. The number of hydrogen-bond donors (Lipinski definition) is 1. The first kappa shape index (κ1) is 11.3. The van der Waals surface area contributed by atoms with Gasteiger partial charge in [-0.05, 0) is 26.0 Å². The van der Waals surface area contributed by atoms with Gasteiger partial charge in [0.1, 0.15) is 5.76 Å². The lowest BCUT2D eigenvalue weighted by Gasteiger charge is -2.11. The van der Waals surface area contributed by atoms with Gasteiger partial charge in [0.05, 0.1) is 11.7 Å². The number of nitrogens with zero attached hydrogens (tertiary/aromatic N) is 2. The van der Waals surface area contributed by atoms with Crippen molar-refractivity contribution < 1.29 is 9.32 Å². The van der Waals surface area contributed by atoms with Crippen molar-refractivity contribution in [1.29, 1.82) is 0 Å². The van der Waals surface area contributed by atoms with Crippen molar-refractivity contribution in [1.82, 2.24) is 15.5 Å². The zero-order valence-electron chi connectivity index (χ0n) is 9.68. The summed E-state index contributed by atoms with van der Waals surface area (Å²) in [6, 6.07) is 7.00. The number of hydrogen-bond acceptors (Lipinski definition) is 4. The minimum absolute atomic E-state index is 0.166. The topological polar surface area (TPSA) is 68.0 Å². The van der Waals surface area contributed by atoms with Crippen LogP contribution in [0.5, 0.6) is 0 Å². The molecule has 2 aromatic rings. The van der Waals surface area contributed by atoms with Gasteiger partial charge >= 0.3 is 0 Å². The Morgan fingerprint density at radius 2 is 2.29 bits per heavy atom. The smallest absolute Gasteiger partial charge is 0.273 e. The highest BCUT2D eigenvalue weighted by Gasteiger charge is 2.15. The van der Waals surface area contributed by atoms with Crippen LogP contribution in [-0.2, 0) is 0 Å². The molecule has 1 amide bonds. The Labute approximate surface area is 98.8 Å². The Bertz CT molecular complexity index is 507. The predicted molar refractivity (Wildman–Crippen MR) is 61.4 cm³/mol. The minimum Gasteiger partial charge on any atom is -0.361 e. The highest BCUT2D eigenvalue weighted by molar-refractivity contribution is 5.92. The third-order valence-electron chi connectivity index (χ3n) is 2.34. The van der Waals surface area contributed by atoms with Crippen LogP contribution in [0.25, 0.3) is 0 Å². The molecule has 0 aliphatic carbocycles. The van der Waals surface area contributed by atoms with Gasteiger partial charge in [-0.15, -0.1) is 0 Å². The van der Waals surface area contributed by atoms with Crippen LogP contribution in [0.1, 0.15) is 34.9 Å². The van der Waals surface area contributed by atoms with Crippen molar-refractivity contribution in [2.24, 2.45) is 0 Å². The van der Waals surface area contributed by atoms with Crippen LogP contribution >= 0.6 is 0 Å². The van der Waals surface area contributed by atoms with Crippen LogP contribution in [0.15, 0.2) is 35.0 Å². The second-order valence-electron chi connectivity index (χ2n) is 3.77. The van der Waals surface area contributed by atoms with Crippen molar-refractivity contribution in [3.63, 3.8) is 0 Å². The number of nitrogens with one attached hydrogen (secondary N) is 1. The molecule has 0 radical (unpaired) electrons. The molecule has 0 saturated heterocycles. The molecule has 2 aromatic heterocycles. The van der Waals surface area contributed by atoms with Crippen molar-refractivity contribution >= 4 is 5.91 Å². The van der Waals surface area contributed by atoms with Gasteiger partial charge < -0.3 is 9.84 Å². The lowest BCUT2D eigenvalue weighted by atomic mass is 10.2. The molecule has 0 aliphatic heterocycles. The van der Waals surface area contributed by atoms with Gasteiger partial charge in [0.25, 0.3) is 5.91 Å². The Morgan fingerprint density at radius 1 is 1.47 bits per heavy atom. The van der Waals surface area contributed by atoms with Crippen LogP contribution in [0, 0.1) is 6.92 Å². The van der Waals surface area contributed by atoms with Crippen molar-refractivity contribution in [2.75, 3.05) is 0 Å². The van der Waals surface area contributed by atoms with Gasteiger partial charge in [0.15, 0.2) is 5.69 Å². The molecular formula is C12H13N3O2. The van der Waals surface area contributed by atoms with Crippen LogP contribution in [0.2, 0.25) is 0 Å². The summed E-state index contributed by atoms with van der Waals surface area (Å²) >= 11 is 0. The standard InChI is InChI=1S/C12H13N3O2/c1-8-7-11(15-17-8)12(16)14-9(2)10-5-3-4-6-13-10/h3-7,9H,1-2H3,(H,14,16). The lowest BCUT2D eigenvalue weighted by Crippen LogP contribution is -2.27. The number of aryl methyl sites for hydroxylation is 1. The lowest BCUT2D eigenvalue weighted by molar-refractivity contribution is 0.0930. The van der Waals surface area contributed by atoms with E-state index in [9.17, 15) is 4.79 Å². The van der Waals surface area contributed by atoms with E-state index in [1.54, 1.807) is 19.2 Å². The Morgan fingerprint density at radius 3 is 2.88 bits per heavy atom. The quantitative estimate of drug-likeness (QED) is 0.875. The van der Waals surface area contributed by atoms with Gasteiger partial charge in [-0.1, -0.05) is 11.2 Å². The summed E-state index contributed by atoms with van der Waals surface area (Å²) in [5.41, 5.74) is 1.09. The van der Waals surface area contributed by atoms with E-state index >= 15 is 0 Å². The van der Waals surface area contributed by atoms with E-state index in [1.807, 2.05) is 25.1 Å². The number of aromatic nitrogens is 2. The van der Waals surface area contributed by atoms with E-state index in [0.29, 0.717) is 5.76 Å². The Kier molecular flexibility index (Phi) is 3.18. The molecule has 1 N–H and O–H groups in total. The molecule has 2 rings (SSSR count). The van der Waals surface area contributed by atoms with E-state index in [2.05, 4.69) is 15.5 Å². The molecule has 0 fully saturated rings. The first-order valence-electron chi connectivity index (χ1n) is 5.32. The molecule has 17 heavy (non-hydrogen) atoms. The number of carbonyl (C=O) groups excluding carboxylic acids is 1. The Balaban J connectivity index is 2.04. The summed E-state index contributed by atoms with van der Waals surface area (Å²) in [7, 11) is 0. The fourth-order valence-electron chi connectivity index (χ4n) is 1.45. The Hall–Kier alpha value is -2.17. The molecule has 88 valence electrons. The maximum atomic E-state index is 11.8. The van der Waals surface area contributed by atoms with E-state index in [1.165, 1.54) is 0 Å². The number of carbonyl (C=O) groups is 1. The van der Waals surface area contributed by atoms with Gasteiger partial charge in [-0.3, -0.25) is 9.78 Å². The highest BCUT2D eigenvalue weighted by Crippen LogP contribution is 2.09. The maximum Gasteiger partial charge on any atom is 0.273 e. The SMILES string of the molecule is Cc1cc(C(=O)NC(C)c2ccccn2)no1. The van der Waals surface area contributed by atoms with Crippen LogP contribution in [0.4, 0.5) is 0 Å². The van der Waals surface area contributed by atoms with E-state index in [4.69, 9.17) is 4.52 Å². The molecule has 5 nitrogen and oxygen atoms in total. The van der Waals surface area contributed by atoms with Gasteiger partial charge in [-0.2, -0.15) is 0 Å². The zero-order valence-corrected chi connectivity index (χ0v) is 9.68. The van der Waals surface area contributed by atoms with E-state index in [0.717, 1.165) is 5.69 Å². The van der Waals surface area contributed by atoms with Crippen LogP contribution in [-0.4, -0.2) is 16.0 Å². The molecule has 0 spiro atoms. The molecule has 0 aromatic carbocycles. The van der Waals surface area contributed by atoms with Gasteiger partial charge in [-0.25, -0.2) is 0 Å². The van der Waals surface area contributed by atoms with Crippen molar-refractivity contribution in [2.45, 2.75) is 19.9 Å². The molecule has 0 aliphatic rings. The summed E-state index contributed by atoms with van der Waals surface area (Å²) in [5.74, 6) is 0.348. The fourth-order valence-corrected chi connectivity index (χ4v) is 1.45. The summed E-state index contributed by atoms with van der Waals surface area (Å²) in [6.07, 6.45) is 1.69. The summed E-state index contributed by atoms with van der Waals surface area (Å²) in [6.45, 7) is 3.61. The third kappa shape index (κ3) is 2.69. The highest BCUT2D eigenvalue weighted by atomic mass is 16.5. The molecule has 0 saturated carbocycles. The first-order chi connectivity index (χ1) is 8.16. The van der Waals surface area contributed by atoms with Crippen molar-refractivity contribution in [3.8, 4) is 0 Å². The second-order valence-corrected chi connectivity index (χ2v) is 3.77. The number of rotatable bonds is 3. The van der Waals surface area contributed by atoms with E-state index < -0.39 is 0 Å². The third-order valence-corrected chi connectivity index (χ3v) is 2.34. The first-order valence-corrected chi connectivity index (χ1v) is 5.32. The predicted octanol–water partition coefficient (Wildman–Crippen LogP) is 1.87. The minimum atomic E-state index is -0.264. The van der Waals surface area contributed by atoms with Crippen molar-refractivity contribution in [3.05, 3.63) is 47.6 Å². The number of pyridine rings is 1. The molecule has 0 bridgehead atoms. The normalized spacial score (nSPS) is 12.1. The summed E-state index contributed by atoms with van der Waals surface area (Å²) in [5, 5.41) is 6.46. The average Bonchev–Trinajstić information content (AvgIpc) is 2.77. The summed E-state index contributed by atoms with van der Waals surface area (Å²) in [4.78, 5) is 16.0. The average molecular weight is 231 g/mol. The molecule has 2 heterocycles. The molecular weight excluding hydrogens is 218 g/mol.